The highest BCUT2D eigenvalue weighted by atomic mass is 32.1. The Labute approximate surface area is 113 Å². The Morgan fingerprint density at radius 3 is 2.72 bits per heavy atom. The first-order chi connectivity index (χ1) is 8.73. The van der Waals surface area contributed by atoms with Crippen LogP contribution < -0.4 is 5.73 Å². The fraction of sp³-hybridized carbons (Fsp3) is 0.786. The van der Waals surface area contributed by atoms with Crippen LogP contribution in [0.15, 0.2) is 5.38 Å². The molecule has 0 spiro atoms. The number of nitrogens with zero attached hydrogens (tertiary/aromatic N) is 2. The van der Waals surface area contributed by atoms with Crippen molar-refractivity contribution in [1.82, 2.24) is 9.88 Å². The van der Waals surface area contributed by atoms with Gasteiger partial charge in [0.25, 0.3) is 0 Å². The third kappa shape index (κ3) is 2.10. The molecule has 0 radical (unpaired) electrons. The molecule has 3 nitrogen and oxygen atoms in total. The smallest absolute Gasteiger partial charge is 0.0960 e. The molecule has 3 rings (SSSR count). The molecule has 0 amide bonds. The van der Waals surface area contributed by atoms with Crippen LogP contribution in [0.2, 0.25) is 0 Å². The van der Waals surface area contributed by atoms with Crippen LogP contribution in [-0.4, -0.2) is 36.6 Å². The number of rotatable bonds is 3. The number of thiazole rings is 1. The van der Waals surface area contributed by atoms with Gasteiger partial charge in [0.05, 0.1) is 10.7 Å². The van der Waals surface area contributed by atoms with Gasteiger partial charge in [0.15, 0.2) is 0 Å². The largest absolute Gasteiger partial charge is 0.330 e. The highest BCUT2D eigenvalue weighted by Crippen LogP contribution is 2.44. The monoisotopic (exact) mass is 265 g/mol. The second kappa shape index (κ2) is 4.91. The maximum atomic E-state index is 5.96. The van der Waals surface area contributed by atoms with Crippen molar-refractivity contribution in [3.63, 3.8) is 0 Å². The van der Waals surface area contributed by atoms with Crippen molar-refractivity contribution >= 4 is 11.3 Å². The summed E-state index contributed by atoms with van der Waals surface area (Å²) in [5.74, 6) is 0.690. The molecule has 1 saturated heterocycles. The average Bonchev–Trinajstić information content (AvgIpc) is 2.79. The van der Waals surface area contributed by atoms with Gasteiger partial charge >= 0.3 is 0 Å². The molecule has 1 aliphatic heterocycles. The minimum absolute atomic E-state index is 0.236. The number of hydrogen-bond acceptors (Lipinski definition) is 4. The first-order valence-electron chi connectivity index (χ1n) is 7.08. The van der Waals surface area contributed by atoms with Crippen LogP contribution in [0.5, 0.6) is 0 Å². The fourth-order valence-corrected chi connectivity index (χ4v) is 4.26. The van der Waals surface area contributed by atoms with Crippen LogP contribution in [-0.2, 0) is 5.41 Å². The number of nitrogens with two attached hydrogens (primary N) is 1. The van der Waals surface area contributed by atoms with Gasteiger partial charge in [-0.3, -0.25) is 0 Å². The molecule has 100 valence electrons. The van der Waals surface area contributed by atoms with Gasteiger partial charge < -0.3 is 10.6 Å². The molecule has 1 saturated carbocycles. The van der Waals surface area contributed by atoms with E-state index in [9.17, 15) is 0 Å². The minimum atomic E-state index is 0.236. The third-order valence-corrected chi connectivity index (χ3v) is 5.84. The van der Waals surface area contributed by atoms with Crippen LogP contribution in [0.3, 0.4) is 0 Å². The van der Waals surface area contributed by atoms with Gasteiger partial charge in [-0.25, -0.2) is 4.98 Å². The molecule has 2 fully saturated rings. The normalized spacial score (nSPS) is 25.0. The maximum absolute atomic E-state index is 5.96. The lowest BCUT2D eigenvalue weighted by atomic mass is 9.67. The number of hydrogen-bond donors (Lipinski definition) is 1. The molecule has 1 aromatic rings. The van der Waals surface area contributed by atoms with Crippen LogP contribution in [0, 0.1) is 0 Å². The van der Waals surface area contributed by atoms with Gasteiger partial charge in [-0.15, -0.1) is 11.3 Å². The Morgan fingerprint density at radius 1 is 1.44 bits per heavy atom. The zero-order valence-corrected chi connectivity index (χ0v) is 12.0. The Balaban J connectivity index is 1.73. The number of aromatic nitrogens is 1. The molecule has 18 heavy (non-hydrogen) atoms. The Hall–Kier alpha value is -0.450. The van der Waals surface area contributed by atoms with Gasteiger partial charge in [0.1, 0.15) is 0 Å². The topological polar surface area (TPSA) is 42.2 Å². The minimum Gasteiger partial charge on any atom is -0.330 e. The van der Waals surface area contributed by atoms with Gasteiger partial charge in [0.2, 0.25) is 0 Å². The summed E-state index contributed by atoms with van der Waals surface area (Å²) < 4.78 is 0. The lowest BCUT2D eigenvalue weighted by Crippen LogP contribution is -2.41. The van der Waals surface area contributed by atoms with Crippen molar-refractivity contribution in [1.29, 1.82) is 0 Å². The fourth-order valence-electron chi connectivity index (χ4n) is 3.14. The summed E-state index contributed by atoms with van der Waals surface area (Å²) in [6, 6.07) is 0. The zero-order chi connectivity index (χ0) is 12.6. The summed E-state index contributed by atoms with van der Waals surface area (Å²) >= 11 is 1.86. The number of likely N-dealkylation sites (tertiary alicyclic amines) is 1. The van der Waals surface area contributed by atoms with Gasteiger partial charge in [0, 0.05) is 23.3 Å². The molecule has 2 heterocycles. The van der Waals surface area contributed by atoms with Crippen molar-refractivity contribution in [2.45, 2.75) is 43.4 Å². The van der Waals surface area contributed by atoms with E-state index in [4.69, 9.17) is 10.7 Å². The zero-order valence-electron chi connectivity index (χ0n) is 11.2. The molecular formula is C14H23N3S. The quantitative estimate of drug-likeness (QED) is 0.912. The highest BCUT2D eigenvalue weighted by molar-refractivity contribution is 7.09. The molecule has 1 aliphatic carbocycles. The molecule has 0 aromatic carbocycles. The Bertz CT molecular complexity index is 397. The van der Waals surface area contributed by atoms with E-state index in [2.05, 4.69) is 17.3 Å². The molecule has 2 N–H and O–H groups in total. The average molecular weight is 265 g/mol. The standard InChI is InChI=1S/C14H23N3S/c1-17-7-3-11(4-8-17)13-16-12(9-18-13)14(10-15)5-2-6-14/h9,11H,2-8,10,15H2,1H3. The molecule has 4 heteroatoms. The van der Waals surface area contributed by atoms with Gasteiger partial charge in [-0.1, -0.05) is 6.42 Å². The second-order valence-corrected chi connectivity index (χ2v) is 6.88. The van der Waals surface area contributed by atoms with E-state index in [1.165, 1.54) is 55.9 Å². The lowest BCUT2D eigenvalue weighted by Gasteiger charge is -2.39. The molecule has 0 unspecified atom stereocenters. The Morgan fingerprint density at radius 2 is 2.17 bits per heavy atom. The molecule has 2 aliphatic rings. The predicted molar refractivity (Wildman–Crippen MR) is 76.2 cm³/mol. The third-order valence-electron chi connectivity index (χ3n) is 4.83. The van der Waals surface area contributed by atoms with Crippen molar-refractivity contribution in [2.24, 2.45) is 5.73 Å². The Kier molecular flexibility index (Phi) is 3.43. The summed E-state index contributed by atoms with van der Waals surface area (Å²) in [4.78, 5) is 7.36. The number of piperidine rings is 1. The maximum Gasteiger partial charge on any atom is 0.0960 e. The van der Waals surface area contributed by atoms with Crippen molar-refractivity contribution in [3.8, 4) is 0 Å². The summed E-state index contributed by atoms with van der Waals surface area (Å²) in [5.41, 5.74) is 7.49. The van der Waals surface area contributed by atoms with E-state index in [0.29, 0.717) is 5.92 Å². The highest BCUT2D eigenvalue weighted by Gasteiger charge is 2.39. The second-order valence-electron chi connectivity index (χ2n) is 5.99. The first kappa shape index (κ1) is 12.6. The van der Waals surface area contributed by atoms with Crippen LogP contribution >= 0.6 is 11.3 Å². The van der Waals surface area contributed by atoms with Gasteiger partial charge in [-0.05, 0) is 45.8 Å². The van der Waals surface area contributed by atoms with Crippen LogP contribution in [0.25, 0.3) is 0 Å². The van der Waals surface area contributed by atoms with Crippen LogP contribution in [0.4, 0.5) is 0 Å². The van der Waals surface area contributed by atoms with Crippen molar-refractivity contribution in [2.75, 3.05) is 26.7 Å². The van der Waals surface area contributed by atoms with Gasteiger partial charge in [-0.2, -0.15) is 0 Å². The van der Waals surface area contributed by atoms with E-state index in [-0.39, 0.29) is 5.41 Å². The van der Waals surface area contributed by atoms with E-state index in [0.717, 1.165) is 6.54 Å². The molecule has 1 aromatic heterocycles. The summed E-state index contributed by atoms with van der Waals surface area (Å²) in [7, 11) is 2.21. The molecular weight excluding hydrogens is 242 g/mol. The lowest BCUT2D eigenvalue weighted by molar-refractivity contribution is 0.242. The van der Waals surface area contributed by atoms with E-state index in [1.54, 1.807) is 0 Å². The summed E-state index contributed by atoms with van der Waals surface area (Å²) in [6.45, 7) is 3.19. The van der Waals surface area contributed by atoms with Crippen LogP contribution in [0.1, 0.15) is 48.7 Å². The SMILES string of the molecule is CN1CCC(c2nc(C3(CN)CCC3)cs2)CC1. The van der Waals surface area contributed by atoms with Crippen molar-refractivity contribution in [3.05, 3.63) is 16.1 Å². The van der Waals surface area contributed by atoms with E-state index >= 15 is 0 Å². The molecule has 0 bridgehead atoms. The predicted octanol–water partition coefficient (Wildman–Crippen LogP) is 2.33. The first-order valence-corrected chi connectivity index (χ1v) is 7.96. The molecule has 0 atom stereocenters. The van der Waals surface area contributed by atoms with Crippen molar-refractivity contribution < 1.29 is 0 Å². The summed E-state index contributed by atoms with van der Waals surface area (Å²) in [5, 5.41) is 3.64. The van der Waals surface area contributed by atoms with E-state index < -0.39 is 0 Å². The summed E-state index contributed by atoms with van der Waals surface area (Å²) in [6.07, 6.45) is 6.32. The van der Waals surface area contributed by atoms with E-state index in [1.807, 2.05) is 11.3 Å².